The summed E-state index contributed by atoms with van der Waals surface area (Å²) in [6.07, 6.45) is 0.239. The van der Waals surface area contributed by atoms with Gasteiger partial charge in [-0.15, -0.1) is 0 Å². The third-order valence-corrected chi connectivity index (χ3v) is 6.57. The third kappa shape index (κ3) is 4.75. The highest BCUT2D eigenvalue weighted by Gasteiger charge is 2.33. The van der Waals surface area contributed by atoms with Crippen LogP contribution in [-0.4, -0.2) is 52.2 Å². The largest absolute Gasteiger partial charge is 0.413 e. The average molecular weight is 491 g/mol. The highest BCUT2D eigenvalue weighted by molar-refractivity contribution is 6.34. The van der Waals surface area contributed by atoms with E-state index < -0.39 is 24.1 Å². The Morgan fingerprint density at radius 1 is 1.22 bits per heavy atom. The zero-order valence-electron chi connectivity index (χ0n) is 20.0. The minimum Gasteiger partial charge on any atom is -0.408 e. The van der Waals surface area contributed by atoms with E-state index >= 15 is 0 Å². The number of carbonyl (C=O) groups is 2. The van der Waals surface area contributed by atoms with Crippen molar-refractivity contribution in [2.75, 3.05) is 18.4 Å². The number of anilines is 1. The van der Waals surface area contributed by atoms with E-state index in [0.29, 0.717) is 59.2 Å². The molecule has 36 heavy (non-hydrogen) atoms. The van der Waals surface area contributed by atoms with Crippen LogP contribution < -0.4 is 15.4 Å². The molecule has 3 heterocycles. The van der Waals surface area contributed by atoms with E-state index in [2.05, 4.69) is 20.5 Å². The fourth-order valence-electron chi connectivity index (χ4n) is 4.75. The van der Waals surface area contributed by atoms with Gasteiger partial charge in [0.25, 0.3) is 5.91 Å². The third-order valence-electron chi connectivity index (χ3n) is 6.57. The van der Waals surface area contributed by atoms with E-state index in [4.69, 9.17) is 4.74 Å². The Balaban J connectivity index is 1.27. The molecular formula is C27H27FN4O4. The molecule has 1 saturated heterocycles. The lowest BCUT2D eigenvalue weighted by Gasteiger charge is -2.17. The second kappa shape index (κ2) is 9.60. The molecule has 2 aliphatic heterocycles. The molecule has 3 aromatic rings. The van der Waals surface area contributed by atoms with Crippen molar-refractivity contribution in [2.45, 2.75) is 32.5 Å². The fourth-order valence-corrected chi connectivity index (χ4v) is 4.75. The van der Waals surface area contributed by atoms with Crippen molar-refractivity contribution >= 4 is 29.3 Å². The van der Waals surface area contributed by atoms with Crippen molar-refractivity contribution in [2.24, 2.45) is 0 Å². The van der Waals surface area contributed by atoms with Crippen molar-refractivity contribution in [1.82, 2.24) is 15.2 Å². The summed E-state index contributed by atoms with van der Waals surface area (Å²) in [6.45, 7) is 5.15. The SMILES string of the molecule is Cc1[nH]c(/C=C2\C(=O)Nc3ccc(F)cc32)c(C)c1OC(=O)NC1CN(Cc2ccccc2)CC1O. The van der Waals surface area contributed by atoms with Crippen LogP contribution in [0.15, 0.2) is 48.5 Å². The predicted molar refractivity (Wildman–Crippen MR) is 134 cm³/mol. The Hall–Kier alpha value is -3.95. The van der Waals surface area contributed by atoms with E-state index in [1.165, 1.54) is 18.2 Å². The second-order valence-electron chi connectivity index (χ2n) is 9.21. The number of carbonyl (C=O) groups excluding carboxylic acids is 2. The molecule has 2 atom stereocenters. The zero-order valence-corrected chi connectivity index (χ0v) is 20.0. The van der Waals surface area contributed by atoms with E-state index in [9.17, 15) is 19.1 Å². The molecule has 2 aromatic carbocycles. The molecule has 0 saturated carbocycles. The molecule has 0 spiro atoms. The van der Waals surface area contributed by atoms with Crippen molar-refractivity contribution in [3.8, 4) is 5.75 Å². The Morgan fingerprint density at radius 2 is 2.00 bits per heavy atom. The summed E-state index contributed by atoms with van der Waals surface area (Å²) in [7, 11) is 0. The number of aromatic amines is 1. The van der Waals surface area contributed by atoms with Crippen LogP contribution in [0.5, 0.6) is 5.75 Å². The number of aliphatic hydroxyl groups is 1. The summed E-state index contributed by atoms with van der Waals surface area (Å²) >= 11 is 0. The van der Waals surface area contributed by atoms with Gasteiger partial charge in [-0.1, -0.05) is 30.3 Å². The molecule has 8 nitrogen and oxygen atoms in total. The van der Waals surface area contributed by atoms with Gasteiger partial charge in [0.15, 0.2) is 5.75 Å². The first-order chi connectivity index (χ1) is 17.3. The number of benzene rings is 2. The number of halogens is 1. The van der Waals surface area contributed by atoms with Crippen LogP contribution in [0.1, 0.15) is 28.1 Å². The van der Waals surface area contributed by atoms with Crippen LogP contribution in [0.4, 0.5) is 14.9 Å². The van der Waals surface area contributed by atoms with E-state index in [0.717, 1.165) is 5.56 Å². The van der Waals surface area contributed by atoms with E-state index in [1.54, 1.807) is 19.9 Å². The number of fused-ring (bicyclic) bond motifs is 1. The van der Waals surface area contributed by atoms with Gasteiger partial charge in [0.05, 0.1) is 23.4 Å². The van der Waals surface area contributed by atoms with Crippen LogP contribution in [0, 0.1) is 19.7 Å². The summed E-state index contributed by atoms with van der Waals surface area (Å²) in [6, 6.07) is 13.6. The number of aliphatic hydroxyl groups excluding tert-OH is 1. The van der Waals surface area contributed by atoms with Crippen molar-refractivity contribution < 1.29 is 23.8 Å². The first-order valence-electron chi connectivity index (χ1n) is 11.7. The second-order valence-corrected chi connectivity index (χ2v) is 9.21. The Bertz CT molecular complexity index is 1350. The summed E-state index contributed by atoms with van der Waals surface area (Å²) in [5, 5.41) is 15.9. The van der Waals surface area contributed by atoms with Crippen molar-refractivity contribution in [3.05, 3.63) is 82.4 Å². The molecule has 9 heteroatoms. The lowest BCUT2D eigenvalue weighted by Crippen LogP contribution is -2.44. The van der Waals surface area contributed by atoms with Gasteiger partial charge in [0.2, 0.25) is 0 Å². The molecule has 186 valence electrons. The van der Waals surface area contributed by atoms with Gasteiger partial charge >= 0.3 is 6.09 Å². The average Bonchev–Trinajstić information content (AvgIpc) is 3.43. The maximum atomic E-state index is 13.8. The van der Waals surface area contributed by atoms with Gasteiger partial charge in [-0.3, -0.25) is 9.69 Å². The first-order valence-corrected chi connectivity index (χ1v) is 11.7. The molecule has 2 aliphatic rings. The Kier molecular flexibility index (Phi) is 6.34. The lowest BCUT2D eigenvalue weighted by atomic mass is 10.0. The first kappa shape index (κ1) is 23.8. The van der Waals surface area contributed by atoms with Gasteiger partial charge < -0.3 is 25.5 Å². The maximum Gasteiger partial charge on any atom is 0.413 e. The number of ether oxygens (including phenoxy) is 1. The van der Waals surface area contributed by atoms with Crippen LogP contribution in [0.25, 0.3) is 11.6 Å². The standard InChI is InChI=1S/C27H27FN4O4/c1-15-22(11-20-19-10-18(28)8-9-21(19)30-26(20)34)29-16(2)25(15)36-27(35)31-23-13-32(14-24(23)33)12-17-6-4-3-5-7-17/h3-11,23-24,29,33H,12-14H2,1-2H3,(H,30,34)(H,31,35)/b20-11-. The predicted octanol–water partition coefficient (Wildman–Crippen LogP) is 3.60. The number of hydrogen-bond acceptors (Lipinski definition) is 5. The van der Waals surface area contributed by atoms with Gasteiger partial charge in [-0.05, 0) is 43.7 Å². The number of nitrogens with zero attached hydrogens (tertiary/aromatic N) is 1. The van der Waals surface area contributed by atoms with Crippen molar-refractivity contribution in [3.63, 3.8) is 0 Å². The number of likely N-dealkylation sites (tertiary alicyclic amines) is 1. The van der Waals surface area contributed by atoms with Crippen LogP contribution >= 0.6 is 0 Å². The van der Waals surface area contributed by atoms with Gasteiger partial charge in [-0.25, -0.2) is 9.18 Å². The zero-order chi connectivity index (χ0) is 25.4. The summed E-state index contributed by atoms with van der Waals surface area (Å²) < 4.78 is 19.4. The van der Waals surface area contributed by atoms with Crippen LogP contribution in [0.2, 0.25) is 0 Å². The van der Waals surface area contributed by atoms with E-state index in [-0.39, 0.29) is 5.91 Å². The van der Waals surface area contributed by atoms with Gasteiger partial charge in [-0.2, -0.15) is 0 Å². The van der Waals surface area contributed by atoms with Crippen molar-refractivity contribution in [1.29, 1.82) is 0 Å². The molecule has 5 rings (SSSR count). The molecule has 2 amide bonds. The normalized spacial score (nSPS) is 20.4. The number of nitrogens with one attached hydrogen (secondary N) is 3. The minimum atomic E-state index is -0.712. The number of aromatic nitrogens is 1. The summed E-state index contributed by atoms with van der Waals surface area (Å²) in [5.74, 6) is -0.434. The molecule has 1 fully saturated rings. The molecule has 0 bridgehead atoms. The quantitative estimate of drug-likeness (QED) is 0.409. The number of hydrogen-bond donors (Lipinski definition) is 4. The molecular weight excluding hydrogens is 463 g/mol. The molecule has 0 radical (unpaired) electrons. The molecule has 1 aromatic heterocycles. The molecule has 2 unspecified atom stereocenters. The minimum absolute atomic E-state index is 0.317. The highest BCUT2D eigenvalue weighted by Crippen LogP contribution is 2.35. The summed E-state index contributed by atoms with van der Waals surface area (Å²) in [5.41, 5.74) is 4.28. The summed E-state index contributed by atoms with van der Waals surface area (Å²) in [4.78, 5) is 30.4. The molecule has 0 aliphatic carbocycles. The topological polar surface area (TPSA) is 107 Å². The monoisotopic (exact) mass is 490 g/mol. The molecule has 4 N–H and O–H groups in total. The fraction of sp³-hybridized carbons (Fsp3) is 0.259. The highest BCUT2D eigenvalue weighted by atomic mass is 19.1. The Labute approximate surface area is 207 Å². The van der Waals surface area contributed by atoms with Gasteiger partial charge in [0.1, 0.15) is 5.82 Å². The Morgan fingerprint density at radius 3 is 2.78 bits per heavy atom. The van der Waals surface area contributed by atoms with Crippen LogP contribution in [-0.2, 0) is 11.3 Å². The van der Waals surface area contributed by atoms with E-state index in [1.807, 2.05) is 30.3 Å². The number of rotatable bonds is 5. The maximum absolute atomic E-state index is 13.8. The van der Waals surface area contributed by atoms with Crippen LogP contribution in [0.3, 0.4) is 0 Å². The van der Waals surface area contributed by atoms with Gasteiger partial charge in [0, 0.05) is 42.1 Å². The number of H-pyrrole nitrogens is 1. The number of aryl methyl sites for hydroxylation is 1. The lowest BCUT2D eigenvalue weighted by molar-refractivity contribution is -0.110. The number of β-amino-alcohol motifs (C(OH)–C–C–N with tert-alkyl or cyclic N) is 1. The smallest absolute Gasteiger partial charge is 0.408 e. The number of amides is 2.